The summed E-state index contributed by atoms with van der Waals surface area (Å²) >= 11 is 0. The van der Waals surface area contributed by atoms with Gasteiger partial charge in [-0.1, -0.05) is 46.8 Å². The number of hydrogen-bond acceptors (Lipinski definition) is 10. The molecule has 12 nitrogen and oxygen atoms in total. The zero-order valence-corrected chi connectivity index (χ0v) is 31.8. The Kier molecular flexibility index (Phi) is 12.3. The maximum absolute atomic E-state index is 14.1. The normalized spacial score (nSPS) is 21.7. The largest absolute Gasteiger partial charge is 0.497 e. The second kappa shape index (κ2) is 14.9. The maximum atomic E-state index is 14.1. The molecule has 0 aliphatic carbocycles. The molecule has 0 radical (unpaired) electrons. The summed E-state index contributed by atoms with van der Waals surface area (Å²) in [6.07, 6.45) is 2.16. The highest BCUT2D eigenvalue weighted by Crippen LogP contribution is 2.46. The number of rotatable bonds is 15. The van der Waals surface area contributed by atoms with E-state index in [4.69, 9.17) is 23.4 Å². The summed E-state index contributed by atoms with van der Waals surface area (Å²) in [6.45, 7) is 16.0. The number of ether oxygens (including phenoxy) is 4. The lowest BCUT2D eigenvalue weighted by Gasteiger charge is -2.49. The predicted octanol–water partition coefficient (Wildman–Crippen LogP) is 5.33. The molecule has 1 saturated heterocycles. The van der Waals surface area contributed by atoms with Gasteiger partial charge in [0.05, 0.1) is 37.8 Å². The third-order valence-corrected chi connectivity index (χ3v) is 16.0. The second-order valence-corrected chi connectivity index (χ2v) is 21.2. The molecular weight excluding hydrogens is 657 g/mol. The molecule has 1 aliphatic rings. The number of carboxylic acids is 1. The van der Waals surface area contributed by atoms with E-state index >= 15 is 0 Å². The van der Waals surface area contributed by atoms with Gasteiger partial charge >= 0.3 is 5.97 Å². The molecule has 3 rings (SSSR count). The summed E-state index contributed by atoms with van der Waals surface area (Å²) < 4.78 is 59.4. The van der Waals surface area contributed by atoms with Gasteiger partial charge in [-0.25, -0.2) is 18.2 Å². The number of aromatic nitrogens is 2. The fourth-order valence-corrected chi connectivity index (χ4v) is 9.05. The minimum Gasteiger partial charge on any atom is -0.497 e. The van der Waals surface area contributed by atoms with Gasteiger partial charge in [-0.2, -0.15) is 0 Å². The van der Waals surface area contributed by atoms with E-state index in [1.54, 1.807) is 28.0 Å². The van der Waals surface area contributed by atoms with Crippen molar-refractivity contribution in [3.8, 4) is 5.75 Å². The average molecular weight is 709 g/mol. The Morgan fingerprint density at radius 2 is 1.81 bits per heavy atom. The molecule has 1 aliphatic heterocycles. The number of sulfone groups is 1. The van der Waals surface area contributed by atoms with Crippen LogP contribution in [0.2, 0.25) is 18.1 Å². The Labute approximate surface area is 285 Å². The minimum atomic E-state index is -4.04. The Hall–Kier alpha value is -2.88. The summed E-state index contributed by atoms with van der Waals surface area (Å²) in [4.78, 5) is 30.0. The van der Waals surface area contributed by atoms with Gasteiger partial charge in [-0.3, -0.25) is 4.79 Å². The van der Waals surface area contributed by atoms with Crippen LogP contribution in [0.4, 0.5) is 0 Å². The quantitative estimate of drug-likeness (QED) is 0.189. The first-order valence-electron chi connectivity index (χ1n) is 15.9. The summed E-state index contributed by atoms with van der Waals surface area (Å²) in [5, 5.41) is 9.40. The molecule has 1 aromatic carbocycles. The molecular formula is C34H52N2O10SSi. The van der Waals surface area contributed by atoms with Crippen molar-refractivity contribution < 1.29 is 46.5 Å². The number of hydrogen-bond donors (Lipinski definition) is 1. The zero-order valence-electron chi connectivity index (χ0n) is 30.0. The van der Waals surface area contributed by atoms with Crippen molar-refractivity contribution in [2.75, 3.05) is 20.0 Å². The first kappa shape index (κ1) is 39.6. The fourth-order valence-electron chi connectivity index (χ4n) is 5.66. The molecule has 1 aromatic heterocycles. The summed E-state index contributed by atoms with van der Waals surface area (Å²) in [5.41, 5.74) is -0.596. The summed E-state index contributed by atoms with van der Waals surface area (Å²) in [5.74, 6) is -4.02. The average Bonchev–Trinajstić information content (AvgIpc) is 3.42. The van der Waals surface area contributed by atoms with Crippen LogP contribution in [0, 0.1) is 5.41 Å². The molecule has 0 amide bonds. The third kappa shape index (κ3) is 8.82. The maximum Gasteiger partial charge on any atom is 0.328 e. The van der Waals surface area contributed by atoms with E-state index < -0.39 is 65.2 Å². The van der Waals surface area contributed by atoms with E-state index in [-0.39, 0.29) is 28.6 Å². The van der Waals surface area contributed by atoms with Crippen LogP contribution >= 0.6 is 0 Å². The number of ketones is 1. The van der Waals surface area contributed by atoms with Crippen LogP contribution in [0.15, 0.2) is 53.5 Å². The van der Waals surface area contributed by atoms with Crippen molar-refractivity contribution in [2.45, 2.75) is 108 Å². The first-order valence-corrected chi connectivity index (χ1v) is 20.5. The van der Waals surface area contributed by atoms with Crippen molar-refractivity contribution in [2.24, 2.45) is 12.5 Å². The van der Waals surface area contributed by atoms with Gasteiger partial charge in [0, 0.05) is 56.5 Å². The van der Waals surface area contributed by atoms with Gasteiger partial charge < -0.3 is 33.0 Å². The van der Waals surface area contributed by atoms with Crippen molar-refractivity contribution in [3.05, 3.63) is 53.9 Å². The molecule has 0 bridgehead atoms. The topological polar surface area (TPSA) is 152 Å². The van der Waals surface area contributed by atoms with Crippen LogP contribution in [-0.4, -0.2) is 87.2 Å². The number of carbonyl (C=O) groups excluding carboxylic acids is 1. The number of carboxylic acid groups (broad SMARTS) is 1. The van der Waals surface area contributed by atoms with E-state index in [0.717, 1.165) is 17.4 Å². The SMILES string of the molecule is COc1ccc(CO[C@H](C)[C@@H](C[C@@H]2C/C(=C\C(=O)O)C(=O)[C@](OC)(C(C)(C)CS(=O)(=O)c3nccn3C)O2)O[Si](C)(C)C(C)(C)C)cc1. The van der Waals surface area contributed by atoms with Gasteiger partial charge in [0.25, 0.3) is 0 Å². The molecule has 0 saturated carbocycles. The van der Waals surface area contributed by atoms with Crippen LogP contribution in [0.3, 0.4) is 0 Å². The number of carbonyl (C=O) groups is 2. The van der Waals surface area contributed by atoms with Crippen LogP contribution < -0.4 is 4.74 Å². The molecule has 268 valence electrons. The number of aryl methyl sites for hydroxylation is 1. The van der Waals surface area contributed by atoms with Crippen molar-refractivity contribution in [1.29, 1.82) is 0 Å². The number of imidazole rings is 1. The van der Waals surface area contributed by atoms with Gasteiger partial charge in [-0.05, 0) is 42.8 Å². The van der Waals surface area contributed by atoms with Crippen LogP contribution in [-0.2, 0) is 51.7 Å². The van der Waals surface area contributed by atoms with Gasteiger partial charge in [0.1, 0.15) is 5.75 Å². The van der Waals surface area contributed by atoms with Gasteiger partial charge in [-0.15, -0.1) is 0 Å². The molecule has 2 heterocycles. The monoisotopic (exact) mass is 708 g/mol. The highest BCUT2D eigenvalue weighted by molar-refractivity contribution is 7.91. The Bertz CT molecular complexity index is 1580. The van der Waals surface area contributed by atoms with E-state index in [9.17, 15) is 23.1 Å². The minimum absolute atomic E-state index is 0.0407. The third-order valence-electron chi connectivity index (χ3n) is 9.40. The van der Waals surface area contributed by atoms with Crippen molar-refractivity contribution in [3.63, 3.8) is 0 Å². The second-order valence-electron chi connectivity index (χ2n) is 14.6. The fraction of sp³-hybridized carbons (Fsp3) is 0.618. The van der Waals surface area contributed by atoms with E-state index in [0.29, 0.717) is 6.61 Å². The van der Waals surface area contributed by atoms with E-state index in [1.807, 2.05) is 31.2 Å². The lowest BCUT2D eigenvalue weighted by Crippen LogP contribution is -2.62. The molecule has 0 spiro atoms. The molecule has 4 atom stereocenters. The van der Waals surface area contributed by atoms with Crippen LogP contribution in [0.5, 0.6) is 5.75 Å². The smallest absolute Gasteiger partial charge is 0.328 e. The Morgan fingerprint density at radius 1 is 1.19 bits per heavy atom. The standard InChI is InChI=1S/C34H52N2O10SSi/c1-23(44-21-24-12-14-26(42-8)15-13-24)28(46-48(10,11)32(2,3)4)20-27-18-25(19-29(37)38)30(39)34(43-9,45-27)33(5,6)22-47(40,41)31-35-16-17-36(31)7/h12-17,19,23,27-28H,18,20-22H2,1-11H3,(H,37,38)/b25-19+/t23-,27+,28-,34-/m1/s1. The first-order chi connectivity index (χ1) is 22.1. The molecule has 14 heteroatoms. The van der Waals surface area contributed by atoms with Gasteiger partial charge in [0.2, 0.25) is 26.6 Å². The summed E-state index contributed by atoms with van der Waals surface area (Å²) in [7, 11) is -2.00. The molecule has 1 fully saturated rings. The van der Waals surface area contributed by atoms with Gasteiger partial charge in [0.15, 0.2) is 8.32 Å². The summed E-state index contributed by atoms with van der Waals surface area (Å²) in [6, 6.07) is 7.55. The van der Waals surface area contributed by atoms with Crippen molar-refractivity contribution in [1.82, 2.24) is 9.55 Å². The molecule has 2 aromatic rings. The Balaban J connectivity index is 2.01. The number of Topliss-reactive ketones (excluding diaryl/α,β-unsaturated/α-hetero) is 1. The number of aliphatic carboxylic acids is 1. The van der Waals surface area contributed by atoms with Crippen LogP contribution in [0.25, 0.3) is 0 Å². The van der Waals surface area contributed by atoms with E-state index in [1.165, 1.54) is 24.1 Å². The Morgan fingerprint density at radius 3 is 2.31 bits per heavy atom. The van der Waals surface area contributed by atoms with E-state index in [2.05, 4.69) is 38.8 Å². The van der Waals surface area contributed by atoms with Crippen molar-refractivity contribution >= 4 is 29.9 Å². The number of benzene rings is 1. The zero-order chi connectivity index (χ0) is 36.3. The number of nitrogens with zero attached hydrogens (tertiary/aromatic N) is 2. The highest BCUT2D eigenvalue weighted by Gasteiger charge is 2.59. The lowest BCUT2D eigenvalue weighted by atomic mass is 9.76. The lowest BCUT2D eigenvalue weighted by molar-refractivity contribution is -0.284. The predicted molar refractivity (Wildman–Crippen MR) is 183 cm³/mol. The molecule has 1 N–H and O–H groups in total. The van der Waals surface area contributed by atoms with Crippen LogP contribution in [0.1, 0.15) is 59.9 Å². The molecule has 48 heavy (non-hydrogen) atoms. The highest BCUT2D eigenvalue weighted by atomic mass is 32.2. The molecule has 0 unspecified atom stereocenters. The number of methoxy groups -OCH3 is 2.